The summed E-state index contributed by atoms with van der Waals surface area (Å²) in [5.41, 5.74) is -0.298. The van der Waals surface area contributed by atoms with Crippen molar-refractivity contribution in [1.29, 1.82) is 0 Å². The van der Waals surface area contributed by atoms with Crippen molar-refractivity contribution in [2.75, 3.05) is 26.4 Å². The van der Waals surface area contributed by atoms with Gasteiger partial charge in [0.05, 0.1) is 37.6 Å². The van der Waals surface area contributed by atoms with Crippen LogP contribution in [0.5, 0.6) is 23.0 Å². The molecule has 0 aliphatic rings. The lowest BCUT2D eigenvalue weighted by molar-refractivity contribution is -0.138. The predicted octanol–water partition coefficient (Wildman–Crippen LogP) is 16.6. The zero-order valence-electron chi connectivity index (χ0n) is 43.8. The first kappa shape index (κ1) is 62.6. The molecule has 0 fully saturated rings. The summed E-state index contributed by atoms with van der Waals surface area (Å²) in [5.74, 6) is -13.7. The number of hydrogen-bond donors (Lipinski definition) is 0. The van der Waals surface area contributed by atoms with E-state index in [1.54, 1.807) is 0 Å². The number of esters is 4. The zero-order chi connectivity index (χ0) is 53.4. The van der Waals surface area contributed by atoms with E-state index in [0.29, 0.717) is 37.9 Å². The number of carbonyl (C=O) groups is 4. The summed E-state index contributed by atoms with van der Waals surface area (Å²) in [5, 5.41) is 0. The van der Waals surface area contributed by atoms with Crippen molar-refractivity contribution in [1.82, 2.24) is 0 Å². The third-order valence-electron chi connectivity index (χ3n) is 12.7. The van der Waals surface area contributed by atoms with Crippen LogP contribution in [0.4, 0.5) is 17.6 Å². The van der Waals surface area contributed by atoms with Gasteiger partial charge in [-0.1, -0.05) is 180 Å². The van der Waals surface area contributed by atoms with Crippen molar-refractivity contribution in [2.24, 2.45) is 0 Å². The van der Waals surface area contributed by atoms with Gasteiger partial charge in [-0.05, 0) is 74.2 Å². The van der Waals surface area contributed by atoms with Crippen molar-refractivity contribution in [3.63, 3.8) is 0 Å². The van der Waals surface area contributed by atoms with Gasteiger partial charge in [-0.15, -0.1) is 0 Å². The Bertz CT molecular complexity index is 1900. The largest absolute Gasteiger partial charge is 0.494 e. The van der Waals surface area contributed by atoms with Crippen LogP contribution in [-0.4, -0.2) is 50.3 Å². The van der Waals surface area contributed by atoms with Crippen LogP contribution in [0, 0.1) is 23.3 Å². The quantitative estimate of drug-likeness (QED) is 0.0135. The molecule has 0 radical (unpaired) electrons. The molecular formula is C60H82F4O10. The van der Waals surface area contributed by atoms with Crippen molar-refractivity contribution >= 4 is 23.9 Å². The topological polar surface area (TPSA) is 124 Å². The van der Waals surface area contributed by atoms with E-state index in [1.807, 2.05) is 0 Å². The standard InChI is InChI=1S/C60H82F4O10/c1-3-51(65)71-45-33-29-25-21-17-13-9-5-7-11-15-19-23-27-31-43-69-49-39-35-47(36-40-49)59(67)73-57-53(61)55(63)58(56(64)54(57)62)74-60(68)48-37-41-50(42-38-48)70-44-32-28-24-20-16-12-8-6-10-14-18-22-26-30-34-46-72-52(66)4-2/h3-4,35-42H,1-2,5-34,43-46H2. The monoisotopic (exact) mass is 1040 g/mol. The molecule has 10 nitrogen and oxygen atoms in total. The molecule has 0 aliphatic carbocycles. The van der Waals surface area contributed by atoms with Crippen LogP contribution in [-0.2, 0) is 19.1 Å². The molecule has 0 unspecified atom stereocenters. The summed E-state index contributed by atoms with van der Waals surface area (Å²) in [6.07, 6.45) is 36.9. The van der Waals surface area contributed by atoms with E-state index in [0.717, 1.165) is 64.2 Å². The van der Waals surface area contributed by atoms with Gasteiger partial charge >= 0.3 is 23.9 Å². The highest BCUT2D eigenvalue weighted by atomic mass is 19.2. The average molecular weight is 1040 g/mol. The fraction of sp³-hybridized carbons (Fsp3) is 0.567. The second-order valence-electron chi connectivity index (χ2n) is 18.8. The Hall–Kier alpha value is -5.66. The maximum absolute atomic E-state index is 15.0. The van der Waals surface area contributed by atoms with Crippen LogP contribution < -0.4 is 18.9 Å². The van der Waals surface area contributed by atoms with Crippen LogP contribution in [0.15, 0.2) is 73.8 Å². The molecule has 3 aromatic rings. The highest BCUT2D eigenvalue weighted by Crippen LogP contribution is 2.36. The number of carbonyl (C=O) groups excluding carboxylic acids is 4. The molecule has 0 aliphatic heterocycles. The molecule has 0 bridgehead atoms. The first-order valence-electron chi connectivity index (χ1n) is 27.4. The molecule has 0 atom stereocenters. The summed E-state index contributed by atoms with van der Waals surface area (Å²) in [7, 11) is 0. The minimum atomic E-state index is -2.05. The molecule has 0 aromatic heterocycles. The van der Waals surface area contributed by atoms with Gasteiger partial charge in [-0.2, -0.15) is 17.6 Å². The number of benzene rings is 3. The molecule has 0 amide bonds. The summed E-state index contributed by atoms with van der Waals surface area (Å²) < 4.78 is 91.2. The van der Waals surface area contributed by atoms with Gasteiger partial charge in [0.1, 0.15) is 11.5 Å². The summed E-state index contributed by atoms with van der Waals surface area (Å²) in [4.78, 5) is 47.5. The Morgan fingerprint density at radius 1 is 0.338 bits per heavy atom. The molecule has 410 valence electrons. The Morgan fingerprint density at radius 3 is 0.784 bits per heavy atom. The second-order valence-corrected chi connectivity index (χ2v) is 18.8. The minimum absolute atomic E-state index is 0.149. The molecule has 0 saturated heterocycles. The van der Waals surface area contributed by atoms with Crippen LogP contribution in [0.25, 0.3) is 0 Å². The van der Waals surface area contributed by atoms with Gasteiger partial charge in [0.2, 0.25) is 34.8 Å². The third kappa shape index (κ3) is 27.0. The molecule has 74 heavy (non-hydrogen) atoms. The minimum Gasteiger partial charge on any atom is -0.494 e. The van der Waals surface area contributed by atoms with Gasteiger partial charge in [-0.3, -0.25) is 0 Å². The van der Waals surface area contributed by atoms with Gasteiger partial charge in [-0.25, -0.2) is 19.2 Å². The fourth-order valence-electron chi connectivity index (χ4n) is 8.30. The van der Waals surface area contributed by atoms with E-state index >= 15 is 17.6 Å². The Morgan fingerprint density at radius 2 is 0.554 bits per heavy atom. The molecule has 0 spiro atoms. The summed E-state index contributed by atoms with van der Waals surface area (Å²) in [6.45, 7) is 8.64. The number of rotatable bonds is 44. The number of ether oxygens (including phenoxy) is 6. The molecule has 3 rings (SSSR count). The fourth-order valence-corrected chi connectivity index (χ4v) is 8.30. The molecule has 0 heterocycles. The Balaban J connectivity index is 1.22. The van der Waals surface area contributed by atoms with E-state index < -0.39 is 46.7 Å². The van der Waals surface area contributed by atoms with E-state index in [4.69, 9.17) is 28.4 Å². The molecular weight excluding hydrogens is 957 g/mol. The van der Waals surface area contributed by atoms with E-state index in [-0.39, 0.29) is 23.1 Å². The third-order valence-corrected chi connectivity index (χ3v) is 12.7. The first-order chi connectivity index (χ1) is 36.0. The van der Waals surface area contributed by atoms with E-state index in [1.165, 1.54) is 189 Å². The Kier molecular flexibility index (Phi) is 33.6. The maximum atomic E-state index is 15.0. The van der Waals surface area contributed by atoms with Crippen LogP contribution in [0.1, 0.15) is 213 Å². The van der Waals surface area contributed by atoms with Crippen molar-refractivity contribution in [2.45, 2.75) is 193 Å². The summed E-state index contributed by atoms with van der Waals surface area (Å²) >= 11 is 0. The van der Waals surface area contributed by atoms with Gasteiger partial charge < -0.3 is 28.4 Å². The maximum Gasteiger partial charge on any atom is 0.343 e. The van der Waals surface area contributed by atoms with Crippen molar-refractivity contribution in [3.8, 4) is 23.0 Å². The second kappa shape index (κ2) is 39.8. The molecule has 3 aromatic carbocycles. The van der Waals surface area contributed by atoms with Gasteiger partial charge in [0.15, 0.2) is 0 Å². The van der Waals surface area contributed by atoms with Crippen LogP contribution in [0.2, 0.25) is 0 Å². The van der Waals surface area contributed by atoms with Gasteiger partial charge in [0.25, 0.3) is 0 Å². The highest BCUT2D eigenvalue weighted by molar-refractivity contribution is 5.92. The average Bonchev–Trinajstić information content (AvgIpc) is 3.41. The highest BCUT2D eigenvalue weighted by Gasteiger charge is 2.31. The lowest BCUT2D eigenvalue weighted by atomic mass is 10.0. The smallest absolute Gasteiger partial charge is 0.343 e. The van der Waals surface area contributed by atoms with Crippen molar-refractivity contribution < 1.29 is 65.2 Å². The predicted molar refractivity (Wildman–Crippen MR) is 281 cm³/mol. The number of hydrogen-bond acceptors (Lipinski definition) is 10. The lowest BCUT2D eigenvalue weighted by Crippen LogP contribution is -2.16. The Labute approximate surface area is 437 Å². The van der Waals surface area contributed by atoms with Crippen LogP contribution in [0.3, 0.4) is 0 Å². The van der Waals surface area contributed by atoms with Crippen LogP contribution >= 0.6 is 0 Å². The summed E-state index contributed by atoms with van der Waals surface area (Å²) in [6, 6.07) is 11.1. The molecule has 0 N–H and O–H groups in total. The first-order valence-corrected chi connectivity index (χ1v) is 27.4. The number of unbranched alkanes of at least 4 members (excludes halogenated alkanes) is 28. The molecule has 0 saturated carbocycles. The van der Waals surface area contributed by atoms with Gasteiger partial charge in [0, 0.05) is 12.2 Å². The van der Waals surface area contributed by atoms with E-state index in [9.17, 15) is 19.2 Å². The number of halogens is 4. The zero-order valence-corrected chi connectivity index (χ0v) is 43.8. The van der Waals surface area contributed by atoms with E-state index in [2.05, 4.69) is 13.2 Å². The van der Waals surface area contributed by atoms with Crippen molar-refractivity contribution in [3.05, 3.63) is 108 Å². The normalized spacial score (nSPS) is 11.0. The SMILES string of the molecule is C=CC(=O)OCCCCCCCCCCCCCCCCCOc1ccc(C(=O)Oc2c(F)c(F)c(OC(=O)c3ccc(OCCCCCCCCCCCCCCCCCOC(=O)C=C)cc3)c(F)c2F)cc1. The molecule has 14 heteroatoms. The lowest BCUT2D eigenvalue weighted by Gasteiger charge is -2.13.